The molecule has 0 fully saturated rings. The van der Waals surface area contributed by atoms with Crippen molar-refractivity contribution in [3.8, 4) is 0 Å². The Balaban J connectivity index is 2.77. The first-order valence-electron chi connectivity index (χ1n) is 3.36. The van der Waals surface area contributed by atoms with Gasteiger partial charge in [0.2, 0.25) is 0 Å². The quantitative estimate of drug-likeness (QED) is 0.548. The third-order valence-corrected chi connectivity index (χ3v) is 1.92. The second-order valence-electron chi connectivity index (χ2n) is 2.57. The molecule has 2 aliphatic rings. The number of hydrogen-bond donors (Lipinski definition) is 1. The summed E-state index contributed by atoms with van der Waals surface area (Å²) in [5.74, 6) is 0.696. The van der Waals surface area contributed by atoms with E-state index in [-0.39, 0.29) is 5.76 Å². The van der Waals surface area contributed by atoms with Gasteiger partial charge in [0, 0.05) is 0 Å². The summed E-state index contributed by atoms with van der Waals surface area (Å²) in [7, 11) is 0. The van der Waals surface area contributed by atoms with E-state index in [0.29, 0.717) is 5.84 Å². The minimum absolute atomic E-state index is 0.232. The summed E-state index contributed by atoms with van der Waals surface area (Å²) in [5, 5.41) is 11.0. The smallest absolute Gasteiger partial charge is 0.196 e. The van der Waals surface area contributed by atoms with Gasteiger partial charge in [-0.25, -0.2) is 9.98 Å². The van der Waals surface area contributed by atoms with Crippen molar-refractivity contribution in [1.82, 2.24) is 0 Å². The van der Waals surface area contributed by atoms with E-state index < -0.39 is 0 Å². The van der Waals surface area contributed by atoms with Crippen molar-refractivity contribution >= 4 is 17.3 Å². The summed E-state index contributed by atoms with van der Waals surface area (Å²) in [6.07, 6.45) is 0. The number of fused-ring (bicyclic) bond motifs is 1. The molecule has 0 aliphatic carbocycles. The first kappa shape index (κ1) is 5.07. The van der Waals surface area contributed by atoms with Gasteiger partial charge < -0.3 is 5.11 Å². The molecule has 0 radical (unpaired) electrons. The monoisotopic (exact) mass is 144 g/mol. The fraction of sp³-hybridized carbons (Fsp3) is 0. The highest BCUT2D eigenvalue weighted by Gasteiger charge is 2.21. The van der Waals surface area contributed by atoms with E-state index in [9.17, 15) is 5.11 Å². The molecule has 0 saturated carbocycles. The van der Waals surface area contributed by atoms with E-state index in [1.807, 2.05) is 18.2 Å². The maximum absolute atomic E-state index is 9.39. The molecule has 0 atom stereocenters. The highest BCUT2D eigenvalue weighted by Crippen LogP contribution is 2.16. The van der Waals surface area contributed by atoms with Gasteiger partial charge in [-0.15, -0.1) is 0 Å². The Morgan fingerprint density at radius 3 is 2.73 bits per heavy atom. The second kappa shape index (κ2) is 1.34. The fourth-order valence-corrected chi connectivity index (χ4v) is 1.43. The number of nitrogens with zero attached hydrogens (tertiary/aromatic N) is 2. The summed E-state index contributed by atoms with van der Waals surface area (Å²) >= 11 is 0. The minimum Gasteiger partial charge on any atom is -0.504 e. The average molecular weight is 144 g/mol. The van der Waals surface area contributed by atoms with Crippen LogP contribution in [0.3, 0.4) is 0 Å². The lowest BCUT2D eigenvalue weighted by Crippen LogP contribution is -2.22. The van der Waals surface area contributed by atoms with Gasteiger partial charge in [-0.3, -0.25) is 0 Å². The number of aliphatic imine (C=N–C) groups is 1. The predicted molar refractivity (Wildman–Crippen MR) is 40.4 cm³/mol. The molecule has 0 unspecified atom stereocenters. The lowest BCUT2D eigenvalue weighted by Gasteiger charge is -1.92. The number of hydrogen-bond acceptors (Lipinski definition) is 3. The van der Waals surface area contributed by atoms with Crippen LogP contribution in [-0.4, -0.2) is 10.9 Å². The number of aliphatic hydroxyl groups excluding tert-OH is 1. The summed E-state index contributed by atoms with van der Waals surface area (Å²) < 4.78 is 0. The predicted octanol–water partition coefficient (Wildman–Crippen LogP) is 0.0296. The normalized spacial score (nSPS) is 16.7. The fourth-order valence-electron chi connectivity index (χ4n) is 1.43. The molecular formula is C8H4N2O. The Morgan fingerprint density at radius 1 is 1.18 bits per heavy atom. The SMILES string of the molecule is OC1=c2c3cccc2=NC1=N3. The van der Waals surface area contributed by atoms with Gasteiger partial charge in [-0.2, -0.15) is 0 Å². The van der Waals surface area contributed by atoms with E-state index in [4.69, 9.17) is 0 Å². The molecule has 1 aromatic rings. The van der Waals surface area contributed by atoms with E-state index in [0.717, 1.165) is 16.3 Å². The molecule has 1 N–H and O–H groups in total. The van der Waals surface area contributed by atoms with Crippen molar-refractivity contribution in [2.45, 2.75) is 0 Å². The Hall–Kier alpha value is -1.64. The van der Waals surface area contributed by atoms with Crippen LogP contribution in [0.4, 0.5) is 5.69 Å². The van der Waals surface area contributed by atoms with Gasteiger partial charge in [-0.05, 0) is 12.1 Å². The average Bonchev–Trinajstić information content (AvgIpc) is 2.43. The molecule has 3 rings (SSSR count). The van der Waals surface area contributed by atoms with Gasteiger partial charge in [-0.1, -0.05) is 6.07 Å². The van der Waals surface area contributed by atoms with Crippen molar-refractivity contribution < 1.29 is 5.11 Å². The van der Waals surface area contributed by atoms with Crippen molar-refractivity contribution in [2.24, 2.45) is 9.98 Å². The zero-order valence-electron chi connectivity index (χ0n) is 5.57. The molecule has 0 spiro atoms. The zero-order chi connectivity index (χ0) is 7.42. The second-order valence-corrected chi connectivity index (χ2v) is 2.57. The van der Waals surface area contributed by atoms with Gasteiger partial charge >= 0.3 is 0 Å². The Labute approximate surface area is 62.0 Å². The summed E-state index contributed by atoms with van der Waals surface area (Å²) in [6.45, 7) is 0. The molecule has 52 valence electrons. The minimum atomic E-state index is 0.232. The molecule has 3 nitrogen and oxygen atoms in total. The Morgan fingerprint density at radius 2 is 2.09 bits per heavy atom. The maximum atomic E-state index is 9.39. The number of amidine groups is 1. The standard InChI is InChI=1S/C8H4N2O/c11-7-6-4-2-1-3-5(6)10-8(7)9-4/h1-3,11H. The van der Waals surface area contributed by atoms with Crippen molar-refractivity contribution in [3.63, 3.8) is 0 Å². The Bertz CT molecular complexity index is 499. The molecular weight excluding hydrogens is 140 g/mol. The summed E-state index contributed by atoms with van der Waals surface area (Å²) in [4.78, 5) is 8.14. The molecule has 2 bridgehead atoms. The lowest BCUT2D eigenvalue weighted by atomic mass is 10.2. The van der Waals surface area contributed by atoms with E-state index in [2.05, 4.69) is 9.98 Å². The maximum Gasteiger partial charge on any atom is 0.196 e. The molecule has 2 heterocycles. The van der Waals surface area contributed by atoms with Crippen LogP contribution in [0.5, 0.6) is 0 Å². The molecule has 2 aliphatic heterocycles. The molecule has 1 aromatic carbocycles. The number of benzene rings is 1. The highest BCUT2D eigenvalue weighted by molar-refractivity contribution is 6.19. The van der Waals surface area contributed by atoms with E-state index >= 15 is 0 Å². The summed E-state index contributed by atoms with van der Waals surface area (Å²) in [6, 6.07) is 5.63. The zero-order valence-corrected chi connectivity index (χ0v) is 5.57. The summed E-state index contributed by atoms with van der Waals surface area (Å²) in [5.41, 5.74) is 0.838. The van der Waals surface area contributed by atoms with Crippen LogP contribution in [0.25, 0.3) is 5.76 Å². The number of aliphatic hydroxyl groups is 1. The third-order valence-electron chi connectivity index (χ3n) is 1.92. The molecule has 0 aromatic heterocycles. The lowest BCUT2D eigenvalue weighted by molar-refractivity contribution is 0.521. The van der Waals surface area contributed by atoms with E-state index in [1.165, 1.54) is 0 Å². The van der Waals surface area contributed by atoms with Gasteiger partial charge in [0.15, 0.2) is 11.6 Å². The highest BCUT2D eigenvalue weighted by atomic mass is 16.3. The van der Waals surface area contributed by atoms with Gasteiger partial charge in [0.05, 0.1) is 16.3 Å². The third kappa shape index (κ3) is 0.420. The Kier molecular flexibility index (Phi) is 0.619. The van der Waals surface area contributed by atoms with Crippen LogP contribution in [0.1, 0.15) is 0 Å². The number of rotatable bonds is 0. The van der Waals surface area contributed by atoms with Crippen LogP contribution in [0.15, 0.2) is 28.2 Å². The van der Waals surface area contributed by atoms with Crippen LogP contribution in [0, 0.1) is 0 Å². The van der Waals surface area contributed by atoms with Crippen molar-refractivity contribution in [2.75, 3.05) is 0 Å². The van der Waals surface area contributed by atoms with Crippen molar-refractivity contribution in [3.05, 3.63) is 28.8 Å². The van der Waals surface area contributed by atoms with Gasteiger partial charge in [0.25, 0.3) is 0 Å². The van der Waals surface area contributed by atoms with Crippen LogP contribution >= 0.6 is 0 Å². The molecule has 3 heteroatoms. The van der Waals surface area contributed by atoms with Crippen molar-refractivity contribution in [1.29, 1.82) is 0 Å². The van der Waals surface area contributed by atoms with Crippen LogP contribution in [-0.2, 0) is 0 Å². The first-order chi connectivity index (χ1) is 5.36. The first-order valence-corrected chi connectivity index (χ1v) is 3.36. The molecule has 0 amide bonds. The van der Waals surface area contributed by atoms with Gasteiger partial charge in [0.1, 0.15) is 0 Å². The largest absolute Gasteiger partial charge is 0.504 e. The van der Waals surface area contributed by atoms with E-state index in [1.54, 1.807) is 0 Å². The van der Waals surface area contributed by atoms with Crippen LogP contribution < -0.4 is 10.6 Å². The van der Waals surface area contributed by atoms with Crippen LogP contribution in [0.2, 0.25) is 0 Å². The molecule has 0 saturated heterocycles. The molecule has 11 heavy (non-hydrogen) atoms. The topological polar surface area (TPSA) is 45.0 Å².